The topological polar surface area (TPSA) is 17.1 Å². The molecule has 0 spiro atoms. The fourth-order valence-corrected chi connectivity index (χ4v) is 6.87. The maximum atomic E-state index is 14.8. The van der Waals surface area contributed by atoms with E-state index in [-0.39, 0.29) is 0 Å². The van der Waals surface area contributed by atoms with Gasteiger partial charge in [0.2, 0.25) is 0 Å². The summed E-state index contributed by atoms with van der Waals surface area (Å²) >= 11 is 0. The van der Waals surface area contributed by atoms with Crippen LogP contribution in [0.4, 0.5) is 0 Å². The largest absolute Gasteiger partial charge is 0.309 e. The molecule has 0 fully saturated rings. The molecule has 0 amide bonds. The summed E-state index contributed by atoms with van der Waals surface area (Å²) in [6.07, 6.45) is 0. The van der Waals surface area contributed by atoms with Crippen molar-refractivity contribution in [2.75, 3.05) is 0 Å². The highest BCUT2D eigenvalue weighted by molar-refractivity contribution is 7.85. The molecule has 1 nitrogen and oxygen atoms in total. The molecule has 0 saturated carbocycles. The van der Waals surface area contributed by atoms with Crippen molar-refractivity contribution in [1.29, 1.82) is 0 Å². The Morgan fingerprint density at radius 2 is 1.00 bits per heavy atom. The summed E-state index contributed by atoms with van der Waals surface area (Å²) < 4.78 is 14.8. The minimum Gasteiger partial charge on any atom is -0.309 e. The van der Waals surface area contributed by atoms with Gasteiger partial charge in [-0.05, 0) is 21.5 Å². The van der Waals surface area contributed by atoms with Crippen LogP contribution in [0.2, 0.25) is 0 Å². The van der Waals surface area contributed by atoms with Gasteiger partial charge in [-0.1, -0.05) is 115 Å². The third kappa shape index (κ3) is 2.59. The molecule has 5 rings (SSSR count). The van der Waals surface area contributed by atoms with E-state index in [4.69, 9.17) is 0 Å². The van der Waals surface area contributed by atoms with Gasteiger partial charge >= 0.3 is 0 Å². The van der Waals surface area contributed by atoms with E-state index in [9.17, 15) is 4.57 Å². The first-order valence-corrected chi connectivity index (χ1v) is 11.1. The first-order chi connectivity index (χ1) is 13.8. The van der Waals surface area contributed by atoms with E-state index < -0.39 is 7.14 Å². The maximum absolute atomic E-state index is 14.8. The summed E-state index contributed by atoms with van der Waals surface area (Å²) in [7, 11) is -3.00. The first kappa shape index (κ1) is 17.0. The van der Waals surface area contributed by atoms with E-state index in [1.54, 1.807) is 0 Å². The maximum Gasteiger partial charge on any atom is 0.171 e. The molecule has 0 saturated heterocycles. The van der Waals surface area contributed by atoms with Crippen LogP contribution >= 0.6 is 7.14 Å². The molecule has 5 aromatic rings. The molecule has 0 N–H and O–H groups in total. The van der Waals surface area contributed by atoms with E-state index in [2.05, 4.69) is 42.5 Å². The highest BCUT2D eigenvalue weighted by atomic mass is 31.2. The van der Waals surface area contributed by atoms with Crippen molar-refractivity contribution in [2.24, 2.45) is 0 Å². The van der Waals surface area contributed by atoms with E-state index in [1.165, 1.54) is 10.8 Å². The van der Waals surface area contributed by atoms with Crippen LogP contribution in [0.3, 0.4) is 0 Å². The molecule has 0 aromatic heterocycles. The van der Waals surface area contributed by atoms with Crippen LogP contribution < -0.4 is 15.9 Å². The Kier molecular flexibility index (Phi) is 4.11. The predicted molar refractivity (Wildman–Crippen MR) is 121 cm³/mol. The van der Waals surface area contributed by atoms with E-state index in [1.807, 2.05) is 72.8 Å². The molecule has 0 radical (unpaired) electrons. The standard InChI is InChI=1S/C26H19OP/c27-28(21-11-3-1-4-12-21,22-13-5-2-6-14-22)26-17-9-16-24-23-15-8-7-10-20(23)18-19-25(24)26/h1-19H. The molecule has 5 aromatic carbocycles. The van der Waals surface area contributed by atoms with Crippen LogP contribution in [0.25, 0.3) is 21.5 Å². The van der Waals surface area contributed by atoms with Crippen molar-refractivity contribution in [3.8, 4) is 0 Å². The predicted octanol–water partition coefficient (Wildman–Crippen LogP) is 5.63. The van der Waals surface area contributed by atoms with Gasteiger partial charge in [0.05, 0.1) is 0 Å². The van der Waals surface area contributed by atoms with Gasteiger partial charge in [-0.3, -0.25) is 0 Å². The molecule has 0 aliphatic carbocycles. The zero-order chi connectivity index (χ0) is 19.0. The lowest BCUT2D eigenvalue weighted by atomic mass is 10.0. The van der Waals surface area contributed by atoms with E-state index >= 15 is 0 Å². The van der Waals surface area contributed by atoms with Crippen LogP contribution in [-0.2, 0) is 4.57 Å². The van der Waals surface area contributed by atoms with Gasteiger partial charge in [-0.25, -0.2) is 0 Å². The van der Waals surface area contributed by atoms with Crippen LogP contribution in [0.1, 0.15) is 0 Å². The highest BCUT2D eigenvalue weighted by Gasteiger charge is 2.31. The van der Waals surface area contributed by atoms with Gasteiger partial charge in [-0.2, -0.15) is 0 Å². The van der Waals surface area contributed by atoms with Crippen LogP contribution in [0, 0.1) is 0 Å². The Balaban J connectivity index is 1.90. The summed E-state index contributed by atoms with van der Waals surface area (Å²) in [4.78, 5) is 0. The second-order valence-electron chi connectivity index (χ2n) is 6.94. The zero-order valence-corrected chi connectivity index (χ0v) is 16.2. The fraction of sp³-hybridized carbons (Fsp3) is 0. The number of hydrogen-bond donors (Lipinski definition) is 0. The molecule has 0 bridgehead atoms. The minimum atomic E-state index is -3.00. The Morgan fingerprint density at radius 3 is 1.68 bits per heavy atom. The molecule has 0 aliphatic rings. The third-order valence-electron chi connectivity index (χ3n) is 5.34. The highest BCUT2D eigenvalue weighted by Crippen LogP contribution is 2.44. The summed E-state index contributed by atoms with van der Waals surface area (Å²) in [5, 5.41) is 7.20. The summed E-state index contributed by atoms with van der Waals surface area (Å²) in [6.45, 7) is 0. The second-order valence-corrected chi connectivity index (χ2v) is 9.67. The van der Waals surface area contributed by atoms with Gasteiger partial charge in [0.15, 0.2) is 7.14 Å². The second kappa shape index (κ2) is 6.78. The average Bonchev–Trinajstić information content (AvgIpc) is 2.79. The Hall–Kier alpha value is -3.15. The summed E-state index contributed by atoms with van der Waals surface area (Å²) in [5.74, 6) is 0. The van der Waals surface area contributed by atoms with E-state index in [0.29, 0.717) is 0 Å². The molecule has 134 valence electrons. The van der Waals surface area contributed by atoms with Crippen LogP contribution in [0.5, 0.6) is 0 Å². The van der Waals surface area contributed by atoms with Crippen molar-refractivity contribution in [3.63, 3.8) is 0 Å². The van der Waals surface area contributed by atoms with Gasteiger partial charge < -0.3 is 4.57 Å². The zero-order valence-electron chi connectivity index (χ0n) is 15.3. The third-order valence-corrected chi connectivity index (χ3v) is 8.46. The fourth-order valence-electron chi connectivity index (χ4n) is 4.00. The molecule has 0 heterocycles. The molecule has 28 heavy (non-hydrogen) atoms. The van der Waals surface area contributed by atoms with Gasteiger partial charge in [0, 0.05) is 15.9 Å². The van der Waals surface area contributed by atoms with Crippen molar-refractivity contribution < 1.29 is 4.57 Å². The average molecular weight is 378 g/mol. The lowest BCUT2D eigenvalue weighted by Gasteiger charge is -2.22. The van der Waals surface area contributed by atoms with Gasteiger partial charge in [0.1, 0.15) is 0 Å². The normalized spacial score (nSPS) is 11.7. The molecule has 2 heteroatoms. The number of benzene rings is 5. The number of rotatable bonds is 3. The molecular formula is C26H19OP. The first-order valence-electron chi connectivity index (χ1n) is 9.41. The smallest absolute Gasteiger partial charge is 0.171 e. The van der Waals surface area contributed by atoms with Gasteiger partial charge in [0.25, 0.3) is 0 Å². The lowest BCUT2D eigenvalue weighted by Crippen LogP contribution is -2.25. The Labute approximate surface area is 164 Å². The monoisotopic (exact) mass is 378 g/mol. The van der Waals surface area contributed by atoms with Crippen LogP contribution in [-0.4, -0.2) is 0 Å². The summed E-state index contributed by atoms with van der Waals surface area (Å²) in [6, 6.07) is 38.5. The summed E-state index contributed by atoms with van der Waals surface area (Å²) in [5.41, 5.74) is 0. The van der Waals surface area contributed by atoms with Crippen molar-refractivity contribution in [3.05, 3.63) is 115 Å². The molecular weight excluding hydrogens is 359 g/mol. The molecule has 0 unspecified atom stereocenters. The van der Waals surface area contributed by atoms with Crippen molar-refractivity contribution in [1.82, 2.24) is 0 Å². The van der Waals surface area contributed by atoms with Crippen LogP contribution in [0.15, 0.2) is 115 Å². The number of hydrogen-bond acceptors (Lipinski definition) is 1. The van der Waals surface area contributed by atoms with Crippen molar-refractivity contribution in [2.45, 2.75) is 0 Å². The van der Waals surface area contributed by atoms with Crippen molar-refractivity contribution >= 4 is 44.6 Å². The Bertz CT molecular complexity index is 1280. The SMILES string of the molecule is O=P(c1ccccc1)(c1ccccc1)c1cccc2c1ccc1ccccc12. The van der Waals surface area contributed by atoms with Gasteiger partial charge in [-0.15, -0.1) is 0 Å². The lowest BCUT2D eigenvalue weighted by molar-refractivity contribution is 0.592. The molecule has 0 atom stereocenters. The molecule has 0 aliphatic heterocycles. The quantitative estimate of drug-likeness (QED) is 0.294. The Morgan fingerprint density at radius 1 is 0.429 bits per heavy atom. The number of fused-ring (bicyclic) bond motifs is 3. The minimum absolute atomic E-state index is 0.863. The van der Waals surface area contributed by atoms with E-state index in [0.717, 1.165) is 26.7 Å².